The van der Waals surface area contributed by atoms with Gasteiger partial charge in [-0.15, -0.1) is 0 Å². The van der Waals surface area contributed by atoms with Gasteiger partial charge in [0.1, 0.15) is 0 Å². The first-order valence-corrected chi connectivity index (χ1v) is 8.24. The molecule has 0 radical (unpaired) electrons. The molecule has 2 unspecified atom stereocenters. The van der Waals surface area contributed by atoms with Crippen molar-refractivity contribution in [1.29, 1.82) is 0 Å². The number of halogens is 1. The molecule has 0 spiro atoms. The highest BCUT2D eigenvalue weighted by Gasteiger charge is 2.26. The van der Waals surface area contributed by atoms with Gasteiger partial charge in [-0.3, -0.25) is 0 Å². The van der Waals surface area contributed by atoms with E-state index in [1.807, 2.05) is 28.6 Å². The van der Waals surface area contributed by atoms with E-state index >= 15 is 0 Å². The van der Waals surface area contributed by atoms with Crippen LogP contribution in [-0.2, 0) is 22.5 Å². The van der Waals surface area contributed by atoms with Crippen molar-refractivity contribution in [1.82, 2.24) is 4.31 Å². The summed E-state index contributed by atoms with van der Waals surface area (Å²) in [6.07, 6.45) is 3.28. The van der Waals surface area contributed by atoms with Crippen LogP contribution < -0.4 is 0 Å². The number of ether oxygens (including phenoxy) is 1. The first-order chi connectivity index (χ1) is 9.70. The summed E-state index contributed by atoms with van der Waals surface area (Å²) in [4.78, 5) is 0. The van der Waals surface area contributed by atoms with Gasteiger partial charge in [-0.25, -0.2) is 4.21 Å². The van der Waals surface area contributed by atoms with Crippen molar-refractivity contribution in [3.8, 4) is 0 Å². The Balaban J connectivity index is 1.57. The summed E-state index contributed by atoms with van der Waals surface area (Å²) in [7, 11) is 0. The van der Waals surface area contributed by atoms with Crippen molar-refractivity contribution < 1.29 is 8.95 Å². The third-order valence-corrected chi connectivity index (χ3v) is 4.91. The summed E-state index contributed by atoms with van der Waals surface area (Å²) >= 11 is 4.60. The maximum atomic E-state index is 12.0. The second-order valence-electron chi connectivity index (χ2n) is 5.15. The zero-order valence-electron chi connectivity index (χ0n) is 11.1. The second kappa shape index (κ2) is 6.35. The van der Waals surface area contributed by atoms with E-state index in [1.54, 1.807) is 0 Å². The van der Waals surface area contributed by atoms with Crippen LogP contribution in [0, 0.1) is 0 Å². The minimum atomic E-state index is -1.26. The fraction of sp³-hybridized carbons (Fsp3) is 0.500. The first kappa shape index (κ1) is 14.2. The van der Waals surface area contributed by atoms with Gasteiger partial charge in [0.2, 0.25) is 11.2 Å². The molecule has 1 aromatic carbocycles. The van der Waals surface area contributed by atoms with E-state index in [9.17, 15) is 4.21 Å². The van der Waals surface area contributed by atoms with Crippen LogP contribution in [0.4, 0.5) is 0 Å². The lowest BCUT2D eigenvalue weighted by Crippen LogP contribution is -2.25. The molecule has 0 saturated carbocycles. The summed E-state index contributed by atoms with van der Waals surface area (Å²) in [5.41, 5.74) is 2.08. The normalized spacial score (nSPS) is 26.9. The summed E-state index contributed by atoms with van der Waals surface area (Å²) in [6, 6.07) is 7.61. The van der Waals surface area contributed by atoms with Crippen LogP contribution >= 0.6 is 11.6 Å². The zero-order valence-corrected chi connectivity index (χ0v) is 12.7. The predicted octanol–water partition coefficient (Wildman–Crippen LogP) is 2.74. The third kappa shape index (κ3) is 3.47. The van der Waals surface area contributed by atoms with Gasteiger partial charge in [0.15, 0.2) is 0 Å². The Morgan fingerprint density at radius 1 is 1.40 bits per heavy atom. The van der Waals surface area contributed by atoms with Crippen molar-refractivity contribution >= 4 is 28.5 Å². The highest BCUT2D eigenvalue weighted by atomic mass is 35.5. The van der Waals surface area contributed by atoms with Crippen molar-refractivity contribution in [3.05, 3.63) is 34.9 Å². The monoisotopic (exact) mass is 312 g/mol. The van der Waals surface area contributed by atoms with Gasteiger partial charge in [-0.2, -0.15) is 8.70 Å². The molecule has 0 amide bonds. The summed E-state index contributed by atoms with van der Waals surface area (Å²) in [6.45, 7) is 2.13. The molecular formula is C14H17ClN2O2S. The minimum Gasteiger partial charge on any atom is -0.378 e. The molecular weight excluding hydrogens is 296 g/mol. The molecule has 2 heterocycles. The van der Waals surface area contributed by atoms with Crippen LogP contribution in [0.25, 0.3) is 0 Å². The quantitative estimate of drug-likeness (QED) is 0.858. The SMILES string of the molecule is O=S1N=C(CC2CCCO2)CN1Cc1ccc(Cl)cc1. The molecule has 2 aliphatic heterocycles. The Kier molecular flexibility index (Phi) is 4.51. The summed E-state index contributed by atoms with van der Waals surface area (Å²) in [5, 5.41) is 0.714. The molecule has 4 nitrogen and oxygen atoms in total. The molecule has 0 aromatic heterocycles. The Hall–Kier alpha value is -0.750. The molecule has 2 aliphatic rings. The molecule has 0 N–H and O–H groups in total. The van der Waals surface area contributed by atoms with Crippen molar-refractivity contribution in [2.24, 2.45) is 4.40 Å². The first-order valence-electron chi connectivity index (χ1n) is 6.80. The number of nitrogens with zero attached hydrogens (tertiary/aromatic N) is 2. The van der Waals surface area contributed by atoms with Crippen LogP contribution in [-0.4, -0.2) is 33.5 Å². The number of rotatable bonds is 4. The standard InChI is InChI=1S/C14H17ClN2O2S/c15-12-5-3-11(4-6-12)9-17-10-13(16-20(17)18)8-14-2-1-7-19-14/h3-6,14H,1-2,7-10H2. The molecule has 20 heavy (non-hydrogen) atoms. The van der Waals surface area contributed by atoms with Gasteiger partial charge in [0, 0.05) is 30.3 Å². The molecule has 0 bridgehead atoms. The fourth-order valence-electron chi connectivity index (χ4n) is 2.53. The van der Waals surface area contributed by atoms with Gasteiger partial charge < -0.3 is 4.74 Å². The van der Waals surface area contributed by atoms with Gasteiger partial charge >= 0.3 is 0 Å². The molecule has 1 aromatic rings. The average Bonchev–Trinajstić information content (AvgIpc) is 3.04. The molecule has 1 fully saturated rings. The minimum absolute atomic E-state index is 0.265. The molecule has 0 aliphatic carbocycles. The number of benzene rings is 1. The third-order valence-electron chi connectivity index (χ3n) is 3.55. The highest BCUT2D eigenvalue weighted by molar-refractivity contribution is 7.81. The van der Waals surface area contributed by atoms with Gasteiger partial charge in [-0.1, -0.05) is 23.7 Å². The topological polar surface area (TPSA) is 41.9 Å². The van der Waals surface area contributed by atoms with Crippen molar-refractivity contribution in [2.45, 2.75) is 31.9 Å². The maximum absolute atomic E-state index is 12.0. The maximum Gasteiger partial charge on any atom is 0.219 e. The van der Waals surface area contributed by atoms with Crippen LogP contribution in [0.2, 0.25) is 5.02 Å². The van der Waals surface area contributed by atoms with Crippen LogP contribution in [0.3, 0.4) is 0 Å². The lowest BCUT2D eigenvalue weighted by molar-refractivity contribution is 0.116. The smallest absolute Gasteiger partial charge is 0.219 e. The van der Waals surface area contributed by atoms with E-state index in [0.29, 0.717) is 18.1 Å². The van der Waals surface area contributed by atoms with E-state index in [1.165, 1.54) is 0 Å². The van der Waals surface area contributed by atoms with Crippen molar-refractivity contribution in [3.63, 3.8) is 0 Å². The molecule has 3 rings (SSSR count). The Labute approximate surface area is 126 Å². The Bertz CT molecular complexity index is 526. The highest BCUT2D eigenvalue weighted by Crippen LogP contribution is 2.21. The summed E-state index contributed by atoms with van der Waals surface area (Å²) < 4.78 is 23.7. The molecule has 1 saturated heterocycles. The molecule has 108 valence electrons. The molecule has 2 atom stereocenters. The number of hydrogen-bond acceptors (Lipinski definition) is 2. The predicted molar refractivity (Wildman–Crippen MR) is 81.0 cm³/mol. The number of hydrogen-bond donors (Lipinski definition) is 0. The average molecular weight is 313 g/mol. The lowest BCUT2D eigenvalue weighted by atomic mass is 10.1. The van der Waals surface area contributed by atoms with Gasteiger partial charge in [0.05, 0.1) is 12.6 Å². The van der Waals surface area contributed by atoms with Gasteiger partial charge in [-0.05, 0) is 30.5 Å². The molecule has 6 heteroatoms. The van der Waals surface area contributed by atoms with E-state index < -0.39 is 11.2 Å². The van der Waals surface area contributed by atoms with Crippen LogP contribution in [0.5, 0.6) is 0 Å². The van der Waals surface area contributed by atoms with Crippen molar-refractivity contribution in [2.75, 3.05) is 13.2 Å². The largest absolute Gasteiger partial charge is 0.378 e. The fourth-order valence-corrected chi connectivity index (χ4v) is 3.64. The zero-order chi connectivity index (χ0) is 13.9. The van der Waals surface area contributed by atoms with E-state index in [0.717, 1.165) is 37.1 Å². The Morgan fingerprint density at radius 2 is 2.20 bits per heavy atom. The Morgan fingerprint density at radius 3 is 2.90 bits per heavy atom. The van der Waals surface area contributed by atoms with Crippen LogP contribution in [0.1, 0.15) is 24.8 Å². The van der Waals surface area contributed by atoms with E-state index in [4.69, 9.17) is 16.3 Å². The summed E-state index contributed by atoms with van der Waals surface area (Å²) in [5.74, 6) is 0. The van der Waals surface area contributed by atoms with Gasteiger partial charge in [0.25, 0.3) is 0 Å². The van der Waals surface area contributed by atoms with E-state index in [-0.39, 0.29) is 6.10 Å². The lowest BCUT2D eigenvalue weighted by Gasteiger charge is -2.13. The van der Waals surface area contributed by atoms with E-state index in [2.05, 4.69) is 4.40 Å². The van der Waals surface area contributed by atoms with Crippen LogP contribution in [0.15, 0.2) is 28.7 Å². The second-order valence-corrected chi connectivity index (χ2v) is 6.75.